The molecular formula is C74H73B3N9O3+3. The lowest BCUT2D eigenvalue weighted by Crippen LogP contribution is -2.50. The molecular weight excluding hydrogens is 1100 g/mol. The molecule has 3 aliphatic heterocycles. The number of hydrogen-bond donors (Lipinski definition) is 0. The van der Waals surface area contributed by atoms with Crippen molar-refractivity contribution in [3.63, 3.8) is 0 Å². The largest absolute Gasteiger partial charge is 0.439 e. The SMILES string of the molecule is [2H]C([2H])([2H])c1ccc2c3c(oc2n1)=CB(C)N(c1cc(-c2ccccc2)c(C([2H])([2H])[2H])c[n+]1C)C=3C.[2H]C([2H])([2H])c1ccc2c3c(oc2n1)=CB(C)N(c1cc(-c2ccccc2)cc[n+]1C)C=3C.[2H]C([2H])([2H])c1ccc2c3c(oc2n1)=CB(C)N(c1cc(C)c(-c2ccccc2)c[n+]1C)C=3C. The number of aromatic nitrogens is 6. The highest BCUT2D eigenvalue weighted by atomic mass is 16.3. The zero-order valence-electron chi connectivity index (χ0n) is 63.4. The molecule has 0 unspecified atom stereocenters. The Morgan fingerprint density at radius 3 is 1.21 bits per heavy atom. The first-order chi connectivity index (χ1) is 47.7. The lowest BCUT2D eigenvalue weighted by molar-refractivity contribution is -0.658. The van der Waals surface area contributed by atoms with E-state index in [1.165, 1.54) is 22.8 Å². The summed E-state index contributed by atoms with van der Waals surface area (Å²) in [5.74, 6) is 9.04. The van der Waals surface area contributed by atoms with Gasteiger partial charge < -0.3 is 13.3 Å². The van der Waals surface area contributed by atoms with Gasteiger partial charge in [-0.2, -0.15) is 0 Å². The molecule has 12 aromatic rings. The van der Waals surface area contributed by atoms with E-state index >= 15 is 0 Å². The molecule has 0 saturated heterocycles. The third kappa shape index (κ3) is 10.6. The minimum atomic E-state index is -2.32. The van der Waals surface area contributed by atoms with Gasteiger partial charge in [0, 0.05) is 57.3 Å². The fourth-order valence-corrected chi connectivity index (χ4v) is 13.0. The van der Waals surface area contributed by atoms with Gasteiger partial charge in [-0.1, -0.05) is 91.0 Å². The molecule has 3 aromatic carbocycles. The van der Waals surface area contributed by atoms with Gasteiger partial charge in [0.1, 0.15) is 16.2 Å². The molecule has 0 saturated carbocycles. The maximum atomic E-state index is 8.12. The van der Waals surface area contributed by atoms with Crippen LogP contribution in [0, 0.1) is 34.3 Å². The number of nitrogens with zero attached hydrogens (tertiary/aromatic N) is 9. The number of rotatable bonds is 6. The average Bonchev–Trinajstić information content (AvgIpc) is 1.66. The highest BCUT2D eigenvalue weighted by Gasteiger charge is 2.37. The van der Waals surface area contributed by atoms with E-state index in [2.05, 4.69) is 159 Å². The Morgan fingerprint density at radius 2 is 0.787 bits per heavy atom. The average molecular weight is 1180 g/mol. The lowest BCUT2D eigenvalue weighted by atomic mass is 9.61. The minimum absolute atomic E-state index is 0.0113. The predicted octanol–water partition coefficient (Wildman–Crippen LogP) is 10.3. The molecule has 0 radical (unpaired) electrons. The molecule has 15 heteroatoms. The summed E-state index contributed by atoms with van der Waals surface area (Å²) in [4.78, 5) is 19.6. The van der Waals surface area contributed by atoms with Crippen LogP contribution in [0.2, 0.25) is 20.5 Å². The number of benzene rings is 3. The fourth-order valence-electron chi connectivity index (χ4n) is 13.0. The van der Waals surface area contributed by atoms with Crippen LogP contribution in [0.25, 0.3) is 102 Å². The van der Waals surface area contributed by atoms with E-state index in [9.17, 15) is 0 Å². The minimum Gasteiger partial charge on any atom is -0.439 e. The van der Waals surface area contributed by atoms with E-state index in [0.29, 0.717) is 22.4 Å². The third-order valence-electron chi connectivity index (χ3n) is 17.2. The highest BCUT2D eigenvalue weighted by molar-refractivity contribution is 6.78. The maximum Gasteiger partial charge on any atom is 0.405 e. The van der Waals surface area contributed by atoms with Crippen LogP contribution in [0.1, 0.15) is 65.4 Å². The van der Waals surface area contributed by atoms with Gasteiger partial charge in [0.2, 0.25) is 17.1 Å². The molecule has 0 atom stereocenters. The first kappa shape index (κ1) is 45.3. The number of fused-ring (bicyclic) bond motifs is 9. The zero-order chi connectivity index (χ0) is 72.1. The smallest absolute Gasteiger partial charge is 0.405 e. The molecule has 12 nitrogen and oxygen atoms in total. The molecule has 0 amide bonds. The van der Waals surface area contributed by atoms with Crippen LogP contribution >= 0.6 is 0 Å². The summed E-state index contributed by atoms with van der Waals surface area (Å²) in [5.41, 5.74) is 13.8. The van der Waals surface area contributed by atoms with Crippen molar-refractivity contribution in [1.82, 2.24) is 15.0 Å². The molecule has 89 heavy (non-hydrogen) atoms. The third-order valence-corrected chi connectivity index (χ3v) is 17.2. The normalized spacial score (nSPS) is 16.1. The van der Waals surface area contributed by atoms with Crippen molar-refractivity contribution in [2.45, 2.75) is 75.6 Å². The van der Waals surface area contributed by atoms with Crippen molar-refractivity contribution in [3.05, 3.63) is 230 Å². The second kappa shape index (κ2) is 23.3. The van der Waals surface area contributed by atoms with Crippen molar-refractivity contribution in [1.29, 1.82) is 0 Å². The van der Waals surface area contributed by atoms with Gasteiger partial charge in [-0.15, -0.1) is 0 Å². The Labute approximate surface area is 537 Å². The van der Waals surface area contributed by atoms with Crippen LogP contribution in [0.5, 0.6) is 0 Å². The Bertz CT molecular complexity index is 5690. The van der Waals surface area contributed by atoms with Crippen molar-refractivity contribution >= 4 is 106 Å². The molecule has 0 fully saturated rings. The topological polar surface area (TPSA) is 99.5 Å². The summed E-state index contributed by atoms with van der Waals surface area (Å²) in [6, 6.07) is 48.7. The summed E-state index contributed by atoms with van der Waals surface area (Å²) in [6.45, 7) is 5.38. The second-order valence-electron chi connectivity index (χ2n) is 23.2. The molecule has 12 heterocycles. The van der Waals surface area contributed by atoms with E-state index in [4.69, 9.17) is 29.7 Å². The van der Waals surface area contributed by atoms with Gasteiger partial charge in [-0.3, -0.25) is 14.4 Å². The van der Waals surface area contributed by atoms with Gasteiger partial charge in [0.25, 0.3) is 17.5 Å². The molecule has 9 aromatic heterocycles. The number of pyridine rings is 6. The number of anilines is 3. The standard InChI is InChI=1S/2C25H25BN3O.C24H23BN3O/c1-16-15-28(5)23(13-21(16)19-9-7-6-8-10-19)29-18(3)24-20-12-11-17(2)27-25(20)30-22(24)14-26(29)4;1-16-13-23(28(5)15-21(16)19-9-7-6-8-10-19)29-18(3)24-20-12-11-17(2)27-25(20)30-22(24)14-26(29)4;1-16-10-11-20-23-17(2)28(25(3)15-21(23)29-24(20)26-16)22-14-19(12-13-27(22)4)18-8-6-5-7-9-18/h2*6-15H,1-5H3;5-15H,1-4H3/q3*+1/i1D3,2D3;2D3;1D3. The fraction of sp³-hybridized carbons (Fsp3) is 0.189. The van der Waals surface area contributed by atoms with Gasteiger partial charge in [0.05, 0.1) is 88.6 Å². The zero-order valence-corrected chi connectivity index (χ0v) is 51.4. The Kier molecular flexibility index (Phi) is 11.8. The quantitative estimate of drug-likeness (QED) is 0.119. The predicted molar refractivity (Wildman–Crippen MR) is 366 cm³/mol. The summed E-state index contributed by atoms with van der Waals surface area (Å²) in [7, 11) is 5.94. The van der Waals surface area contributed by atoms with Gasteiger partial charge in [-0.05, 0) is 175 Å². The van der Waals surface area contributed by atoms with Gasteiger partial charge in [-0.25, -0.2) is 28.7 Å². The van der Waals surface area contributed by atoms with Crippen LogP contribution in [0.3, 0.4) is 0 Å². The van der Waals surface area contributed by atoms with Gasteiger partial charge in [0.15, 0.2) is 0 Å². The molecule has 3 aliphatic rings. The summed E-state index contributed by atoms with van der Waals surface area (Å²) >= 11 is 0. The van der Waals surface area contributed by atoms with Crippen molar-refractivity contribution in [2.24, 2.45) is 21.1 Å². The van der Waals surface area contributed by atoms with Crippen LogP contribution in [0.15, 0.2) is 184 Å². The first-order valence-corrected chi connectivity index (χ1v) is 29.7. The maximum absolute atomic E-state index is 8.12. The number of aryl methyl sites for hydroxylation is 8. The Hall–Kier alpha value is -10.0. The van der Waals surface area contributed by atoms with E-state index in [1.54, 1.807) is 30.5 Å². The highest BCUT2D eigenvalue weighted by Crippen LogP contribution is 2.31. The Balaban J connectivity index is 0.000000136. The monoisotopic (exact) mass is 1180 g/mol. The molecule has 0 aliphatic carbocycles. The molecule has 15 rings (SSSR count). The van der Waals surface area contributed by atoms with Gasteiger partial charge >= 0.3 is 20.5 Å². The van der Waals surface area contributed by atoms with Crippen LogP contribution < -0.4 is 60.0 Å². The van der Waals surface area contributed by atoms with Crippen molar-refractivity contribution in [2.75, 3.05) is 14.4 Å². The summed E-state index contributed by atoms with van der Waals surface area (Å²) in [5, 5.41) is 5.12. The summed E-state index contributed by atoms with van der Waals surface area (Å²) < 4.78 is 117. The Morgan fingerprint density at radius 1 is 0.393 bits per heavy atom. The number of hydrogen-bond acceptors (Lipinski definition) is 9. The van der Waals surface area contributed by atoms with E-state index in [-0.39, 0.29) is 48.9 Å². The second-order valence-corrected chi connectivity index (χ2v) is 23.2. The van der Waals surface area contributed by atoms with Crippen LogP contribution in [0.4, 0.5) is 17.5 Å². The molecule has 0 spiro atoms. The van der Waals surface area contributed by atoms with E-state index in [1.807, 2.05) is 105 Å². The molecule has 0 N–H and O–H groups in total. The molecule has 438 valence electrons. The van der Waals surface area contributed by atoms with Crippen LogP contribution in [-0.4, -0.2) is 35.5 Å². The number of furan rings is 3. The first-order valence-electron chi connectivity index (χ1n) is 35.7. The lowest BCUT2D eigenvalue weighted by Gasteiger charge is -2.24. The van der Waals surface area contributed by atoms with E-state index in [0.717, 1.165) is 93.9 Å². The van der Waals surface area contributed by atoms with Crippen LogP contribution in [-0.2, 0) is 21.1 Å². The summed E-state index contributed by atoms with van der Waals surface area (Å²) in [6.07, 6.45) is 5.93. The van der Waals surface area contributed by atoms with Crippen molar-refractivity contribution in [3.8, 4) is 33.4 Å². The van der Waals surface area contributed by atoms with E-state index < -0.39 is 27.4 Å². The molecule has 0 bridgehead atoms. The van der Waals surface area contributed by atoms with Crippen molar-refractivity contribution < 1.29 is 43.4 Å².